The molecule has 4 rings (SSSR count). The molecule has 1 atom stereocenters. The van der Waals surface area contributed by atoms with Crippen LogP contribution in [0.25, 0.3) is 0 Å². The van der Waals surface area contributed by atoms with Crippen molar-refractivity contribution in [2.45, 2.75) is 25.9 Å². The molecule has 3 aromatic carbocycles. The number of hydrogen-bond acceptors (Lipinski definition) is 4. The monoisotopic (exact) mass is 493 g/mol. The average Bonchev–Trinajstić information content (AvgIpc) is 2.90. The average molecular weight is 494 g/mol. The minimum Gasteiger partial charge on any atom is -0.410 e. The quantitative estimate of drug-likeness (QED) is 0.412. The lowest BCUT2D eigenvalue weighted by Gasteiger charge is -2.42. The molecule has 1 saturated heterocycles. The van der Waals surface area contributed by atoms with Crippen LogP contribution in [0.15, 0.2) is 72.8 Å². The summed E-state index contributed by atoms with van der Waals surface area (Å²) in [5.41, 5.74) is 3.05. The number of ether oxygens (including phenoxy) is 1. The first-order valence-corrected chi connectivity index (χ1v) is 12.4. The van der Waals surface area contributed by atoms with E-state index in [4.69, 9.17) is 4.74 Å². The van der Waals surface area contributed by atoms with Gasteiger partial charge in [0.1, 0.15) is 17.4 Å². The maximum absolute atomic E-state index is 13.6. The van der Waals surface area contributed by atoms with Gasteiger partial charge in [0.05, 0.1) is 6.04 Å². The predicted octanol–water partition coefficient (Wildman–Crippen LogP) is 5.88. The van der Waals surface area contributed by atoms with Crippen molar-refractivity contribution in [1.82, 2.24) is 14.7 Å². The highest BCUT2D eigenvalue weighted by Crippen LogP contribution is 2.32. The van der Waals surface area contributed by atoms with Crippen molar-refractivity contribution in [3.05, 3.63) is 101 Å². The summed E-state index contributed by atoms with van der Waals surface area (Å²) in [7, 11) is 1.71. The topological polar surface area (TPSA) is 36.0 Å². The van der Waals surface area contributed by atoms with Crippen LogP contribution in [-0.4, -0.2) is 60.6 Å². The molecular weight excluding hydrogens is 460 g/mol. The van der Waals surface area contributed by atoms with Crippen LogP contribution in [0.1, 0.15) is 42.6 Å². The Hall–Kier alpha value is -3.29. The normalized spacial score (nSPS) is 15.6. The maximum Gasteiger partial charge on any atom is 0.414 e. The Kier molecular flexibility index (Phi) is 8.33. The number of rotatable bonds is 7. The van der Waals surface area contributed by atoms with Gasteiger partial charge in [0, 0.05) is 45.8 Å². The highest BCUT2D eigenvalue weighted by atomic mass is 19.1. The van der Waals surface area contributed by atoms with E-state index in [-0.39, 0.29) is 29.8 Å². The summed E-state index contributed by atoms with van der Waals surface area (Å²) in [5, 5.41) is 0. The van der Waals surface area contributed by atoms with Gasteiger partial charge in [0.15, 0.2) is 0 Å². The van der Waals surface area contributed by atoms with E-state index in [1.807, 2.05) is 19.1 Å². The third-order valence-corrected chi connectivity index (χ3v) is 6.96. The smallest absolute Gasteiger partial charge is 0.410 e. The fourth-order valence-corrected chi connectivity index (χ4v) is 4.64. The Bertz CT molecular complexity index is 1100. The molecule has 1 amide bonds. The lowest BCUT2D eigenvalue weighted by atomic mass is 9.96. The second kappa shape index (κ2) is 11.6. The molecule has 0 radical (unpaired) electrons. The van der Waals surface area contributed by atoms with Crippen molar-refractivity contribution in [2.75, 3.05) is 39.8 Å². The summed E-state index contributed by atoms with van der Waals surface area (Å²) >= 11 is 0. The van der Waals surface area contributed by atoms with E-state index in [0.29, 0.717) is 12.3 Å². The Labute approximate surface area is 211 Å². The molecule has 0 saturated carbocycles. The Balaban J connectivity index is 1.46. The van der Waals surface area contributed by atoms with Crippen LogP contribution in [-0.2, 0) is 0 Å². The van der Waals surface area contributed by atoms with E-state index < -0.39 is 0 Å². The lowest BCUT2D eigenvalue weighted by Crippen LogP contribution is -2.48. The number of hydrogen-bond donors (Lipinski definition) is 0. The summed E-state index contributed by atoms with van der Waals surface area (Å²) < 4.78 is 32.7. The van der Waals surface area contributed by atoms with Crippen molar-refractivity contribution in [3.63, 3.8) is 0 Å². The third-order valence-electron chi connectivity index (χ3n) is 6.96. The van der Waals surface area contributed by atoms with E-state index in [2.05, 4.69) is 22.8 Å². The number of piperazine rings is 1. The molecule has 5 nitrogen and oxygen atoms in total. The lowest BCUT2D eigenvalue weighted by molar-refractivity contribution is 0.0838. The van der Waals surface area contributed by atoms with Crippen LogP contribution in [0.3, 0.4) is 0 Å². The number of nitrogens with zero attached hydrogens (tertiary/aromatic N) is 3. The van der Waals surface area contributed by atoms with Gasteiger partial charge < -0.3 is 9.64 Å². The van der Waals surface area contributed by atoms with E-state index >= 15 is 0 Å². The molecular formula is C29H33F2N3O2. The molecule has 1 fully saturated rings. The molecule has 36 heavy (non-hydrogen) atoms. The van der Waals surface area contributed by atoms with Crippen LogP contribution in [0.5, 0.6) is 5.75 Å². The van der Waals surface area contributed by atoms with Crippen molar-refractivity contribution in [3.8, 4) is 5.75 Å². The van der Waals surface area contributed by atoms with Crippen LogP contribution >= 0.6 is 0 Å². The van der Waals surface area contributed by atoms with Gasteiger partial charge in [-0.2, -0.15) is 0 Å². The first kappa shape index (κ1) is 25.8. The summed E-state index contributed by atoms with van der Waals surface area (Å²) in [6.45, 7) is 7.92. The molecule has 190 valence electrons. The van der Waals surface area contributed by atoms with Gasteiger partial charge in [-0.25, -0.2) is 13.6 Å². The minimum absolute atomic E-state index is 0.0815. The zero-order chi connectivity index (χ0) is 25.7. The third kappa shape index (κ3) is 6.09. The van der Waals surface area contributed by atoms with Gasteiger partial charge in [-0.3, -0.25) is 9.80 Å². The molecule has 0 bridgehead atoms. The number of amides is 1. The summed E-state index contributed by atoms with van der Waals surface area (Å²) in [4.78, 5) is 18.4. The van der Waals surface area contributed by atoms with Crippen molar-refractivity contribution in [1.29, 1.82) is 0 Å². The number of carbonyl (C=O) groups is 1. The van der Waals surface area contributed by atoms with Gasteiger partial charge in [-0.1, -0.05) is 36.4 Å². The van der Waals surface area contributed by atoms with E-state index in [9.17, 15) is 13.6 Å². The summed E-state index contributed by atoms with van der Waals surface area (Å²) in [5.74, 6) is -0.00929. The Morgan fingerprint density at radius 2 is 1.39 bits per heavy atom. The molecule has 0 aromatic heterocycles. The molecule has 1 aliphatic rings. The van der Waals surface area contributed by atoms with Gasteiger partial charge in [-0.15, -0.1) is 0 Å². The van der Waals surface area contributed by atoms with Crippen LogP contribution in [0, 0.1) is 11.6 Å². The van der Waals surface area contributed by atoms with Crippen molar-refractivity contribution < 1.29 is 18.3 Å². The fraction of sp³-hybridized carbons (Fsp3) is 0.345. The van der Waals surface area contributed by atoms with Gasteiger partial charge >= 0.3 is 6.09 Å². The number of halogens is 2. The van der Waals surface area contributed by atoms with Crippen LogP contribution < -0.4 is 4.74 Å². The highest BCUT2D eigenvalue weighted by molar-refractivity contribution is 5.70. The van der Waals surface area contributed by atoms with Crippen LogP contribution in [0.2, 0.25) is 0 Å². The first-order valence-electron chi connectivity index (χ1n) is 12.4. The predicted molar refractivity (Wildman–Crippen MR) is 137 cm³/mol. The summed E-state index contributed by atoms with van der Waals surface area (Å²) in [6.07, 6.45) is -0.372. The van der Waals surface area contributed by atoms with Crippen molar-refractivity contribution >= 4 is 6.09 Å². The highest BCUT2D eigenvalue weighted by Gasteiger charge is 2.29. The second-order valence-electron chi connectivity index (χ2n) is 9.21. The summed E-state index contributed by atoms with van der Waals surface area (Å²) in [6, 6.07) is 20.9. The molecule has 0 spiro atoms. The van der Waals surface area contributed by atoms with E-state index in [1.54, 1.807) is 37.4 Å². The molecule has 0 N–H and O–H groups in total. The largest absolute Gasteiger partial charge is 0.414 e. The van der Waals surface area contributed by atoms with E-state index in [0.717, 1.165) is 42.9 Å². The maximum atomic E-state index is 13.6. The second-order valence-corrected chi connectivity index (χ2v) is 9.21. The molecule has 0 aliphatic carbocycles. The minimum atomic E-state index is -0.372. The molecule has 7 heteroatoms. The first-order chi connectivity index (χ1) is 17.4. The van der Waals surface area contributed by atoms with Gasteiger partial charge in [-0.05, 0) is 66.9 Å². The zero-order valence-electron chi connectivity index (χ0n) is 21.0. The molecule has 3 aromatic rings. The number of benzene rings is 3. The van der Waals surface area contributed by atoms with E-state index in [1.165, 1.54) is 29.2 Å². The molecule has 1 aliphatic heterocycles. The standard InChI is InChI=1S/C29H33F2N3O2/c1-4-32(3)29(35)36-27-7-5-6-24(20-27)21(2)33-16-18-34(19-17-33)28(22-8-12-25(30)13-9-22)23-10-14-26(31)15-11-23/h5-15,20-21,28H,4,16-19H2,1-3H3. The SMILES string of the molecule is CCN(C)C(=O)Oc1cccc(C(C)N2CCN(C(c3ccc(F)cc3)c3ccc(F)cc3)CC2)c1. The zero-order valence-corrected chi connectivity index (χ0v) is 21.0. The van der Waals surface area contributed by atoms with Crippen LogP contribution in [0.4, 0.5) is 13.6 Å². The Morgan fingerprint density at radius 1 is 0.861 bits per heavy atom. The fourth-order valence-electron chi connectivity index (χ4n) is 4.64. The Morgan fingerprint density at radius 3 is 1.92 bits per heavy atom. The van der Waals surface area contributed by atoms with Gasteiger partial charge in [0.25, 0.3) is 0 Å². The number of carbonyl (C=O) groups excluding carboxylic acids is 1. The molecule has 1 heterocycles. The van der Waals surface area contributed by atoms with Gasteiger partial charge in [0.2, 0.25) is 0 Å². The van der Waals surface area contributed by atoms with Crippen molar-refractivity contribution in [2.24, 2.45) is 0 Å². The molecule has 1 unspecified atom stereocenters.